The summed E-state index contributed by atoms with van der Waals surface area (Å²) >= 11 is 1.26. The number of halogens is 1. The Balaban J connectivity index is 1.57. The number of benzene rings is 2. The topological polar surface area (TPSA) is 76.0 Å². The maximum atomic E-state index is 12.9. The third kappa shape index (κ3) is 4.77. The molecule has 1 heterocycles. The predicted molar refractivity (Wildman–Crippen MR) is 106 cm³/mol. The number of thioether (sulfide) groups is 1. The molecular weight excluding hydrogens is 379 g/mol. The van der Waals surface area contributed by atoms with E-state index in [9.17, 15) is 14.0 Å². The second-order valence-electron chi connectivity index (χ2n) is 6.17. The van der Waals surface area contributed by atoms with Gasteiger partial charge in [0.25, 0.3) is 5.91 Å². The van der Waals surface area contributed by atoms with Crippen LogP contribution in [0.5, 0.6) is 0 Å². The van der Waals surface area contributed by atoms with E-state index in [1.807, 2.05) is 36.7 Å². The number of imidazole rings is 1. The third-order valence-corrected chi connectivity index (χ3v) is 4.95. The number of rotatable bonds is 5. The molecule has 2 aromatic carbocycles. The molecule has 0 aliphatic rings. The summed E-state index contributed by atoms with van der Waals surface area (Å²) in [5.74, 6) is -1.26. The van der Waals surface area contributed by atoms with Crippen LogP contribution in [0.4, 0.5) is 4.39 Å². The van der Waals surface area contributed by atoms with Gasteiger partial charge in [-0.1, -0.05) is 23.9 Å². The standard InChI is InChI=1S/C20H19FN4O2S/c1-13-3-4-14(2)17(11-13)25-10-9-22-20(25)28-12-18(26)23-24-19(27)15-5-7-16(21)8-6-15/h3-11H,12H2,1-2H3,(H,23,26)(H,24,27). The smallest absolute Gasteiger partial charge is 0.269 e. The number of aromatic nitrogens is 2. The Morgan fingerprint density at radius 1 is 1.11 bits per heavy atom. The van der Waals surface area contributed by atoms with E-state index in [4.69, 9.17) is 0 Å². The fourth-order valence-corrected chi connectivity index (χ4v) is 3.29. The average Bonchev–Trinajstić information content (AvgIpc) is 3.15. The lowest BCUT2D eigenvalue weighted by Gasteiger charge is -2.11. The van der Waals surface area contributed by atoms with Crippen molar-refractivity contribution in [3.63, 3.8) is 0 Å². The Morgan fingerprint density at radius 2 is 1.86 bits per heavy atom. The molecule has 0 unspecified atom stereocenters. The molecule has 1 aromatic heterocycles. The van der Waals surface area contributed by atoms with Crippen molar-refractivity contribution in [1.29, 1.82) is 0 Å². The van der Waals surface area contributed by atoms with Gasteiger partial charge in [0.1, 0.15) is 5.82 Å². The van der Waals surface area contributed by atoms with Crippen LogP contribution in [-0.2, 0) is 4.79 Å². The number of hydrazine groups is 1. The molecular formula is C20H19FN4O2S. The highest BCUT2D eigenvalue weighted by molar-refractivity contribution is 7.99. The van der Waals surface area contributed by atoms with Gasteiger partial charge in [-0.05, 0) is 55.3 Å². The minimum atomic E-state index is -0.518. The SMILES string of the molecule is Cc1ccc(C)c(-n2ccnc2SCC(=O)NNC(=O)c2ccc(F)cc2)c1. The van der Waals surface area contributed by atoms with Gasteiger partial charge in [-0.15, -0.1) is 0 Å². The highest BCUT2D eigenvalue weighted by Gasteiger charge is 2.12. The average molecular weight is 398 g/mol. The number of hydrogen-bond donors (Lipinski definition) is 2. The van der Waals surface area contributed by atoms with Crippen LogP contribution in [0, 0.1) is 19.7 Å². The van der Waals surface area contributed by atoms with Crippen molar-refractivity contribution in [2.24, 2.45) is 0 Å². The fraction of sp³-hybridized carbons (Fsp3) is 0.150. The molecule has 0 aliphatic carbocycles. The van der Waals surface area contributed by atoms with Crippen molar-refractivity contribution >= 4 is 23.6 Å². The van der Waals surface area contributed by atoms with Gasteiger partial charge in [-0.3, -0.25) is 25.0 Å². The molecule has 0 saturated carbocycles. The number of carbonyl (C=O) groups is 2. The first-order chi connectivity index (χ1) is 13.4. The summed E-state index contributed by atoms with van der Waals surface area (Å²) in [6, 6.07) is 11.2. The summed E-state index contributed by atoms with van der Waals surface area (Å²) in [4.78, 5) is 28.3. The molecule has 0 bridgehead atoms. The first-order valence-electron chi connectivity index (χ1n) is 8.52. The lowest BCUT2D eigenvalue weighted by Crippen LogP contribution is -2.42. The number of nitrogens with one attached hydrogen (secondary N) is 2. The van der Waals surface area contributed by atoms with E-state index in [1.54, 1.807) is 6.20 Å². The Labute approximate surface area is 166 Å². The van der Waals surface area contributed by atoms with E-state index in [0.29, 0.717) is 5.16 Å². The molecule has 0 atom stereocenters. The van der Waals surface area contributed by atoms with Gasteiger partial charge in [-0.25, -0.2) is 9.37 Å². The molecule has 3 rings (SSSR count). The zero-order chi connectivity index (χ0) is 20.1. The van der Waals surface area contributed by atoms with E-state index in [0.717, 1.165) is 16.8 Å². The first kappa shape index (κ1) is 19.6. The van der Waals surface area contributed by atoms with Crippen LogP contribution in [0.15, 0.2) is 60.0 Å². The van der Waals surface area contributed by atoms with Gasteiger partial charge in [-0.2, -0.15) is 0 Å². The summed E-state index contributed by atoms with van der Waals surface area (Å²) in [6.07, 6.45) is 3.52. The summed E-state index contributed by atoms with van der Waals surface area (Å²) in [7, 11) is 0. The fourth-order valence-electron chi connectivity index (χ4n) is 2.52. The first-order valence-corrected chi connectivity index (χ1v) is 9.51. The summed E-state index contributed by atoms with van der Waals surface area (Å²) in [5.41, 5.74) is 8.14. The minimum absolute atomic E-state index is 0.0750. The lowest BCUT2D eigenvalue weighted by atomic mass is 10.1. The van der Waals surface area contributed by atoms with Crippen molar-refractivity contribution in [1.82, 2.24) is 20.4 Å². The van der Waals surface area contributed by atoms with E-state index < -0.39 is 11.7 Å². The molecule has 6 nitrogen and oxygen atoms in total. The van der Waals surface area contributed by atoms with Crippen LogP contribution in [0.2, 0.25) is 0 Å². The van der Waals surface area contributed by atoms with Crippen LogP contribution in [0.25, 0.3) is 5.69 Å². The molecule has 0 spiro atoms. The highest BCUT2D eigenvalue weighted by Crippen LogP contribution is 2.23. The maximum Gasteiger partial charge on any atom is 0.269 e. The number of nitrogens with zero attached hydrogens (tertiary/aromatic N) is 2. The number of amides is 2. The van der Waals surface area contributed by atoms with Crippen molar-refractivity contribution in [3.8, 4) is 5.69 Å². The highest BCUT2D eigenvalue weighted by atomic mass is 32.2. The van der Waals surface area contributed by atoms with Crippen molar-refractivity contribution < 1.29 is 14.0 Å². The Hall–Kier alpha value is -3.13. The minimum Gasteiger partial charge on any atom is -0.295 e. The molecule has 0 radical (unpaired) electrons. The molecule has 0 aliphatic heterocycles. The van der Waals surface area contributed by atoms with E-state index in [1.165, 1.54) is 36.0 Å². The second kappa shape index (κ2) is 8.71. The van der Waals surface area contributed by atoms with Gasteiger partial charge in [0.05, 0.1) is 11.4 Å². The molecule has 8 heteroatoms. The zero-order valence-electron chi connectivity index (χ0n) is 15.4. The van der Waals surface area contributed by atoms with Gasteiger partial charge in [0, 0.05) is 18.0 Å². The molecule has 144 valence electrons. The number of carbonyl (C=O) groups excluding carboxylic acids is 2. The molecule has 2 amide bonds. The lowest BCUT2D eigenvalue weighted by molar-refractivity contribution is -0.119. The molecule has 0 saturated heterocycles. The van der Waals surface area contributed by atoms with Crippen molar-refractivity contribution in [2.75, 3.05) is 5.75 Å². The van der Waals surface area contributed by atoms with Gasteiger partial charge < -0.3 is 0 Å². The van der Waals surface area contributed by atoms with E-state index in [-0.39, 0.29) is 17.2 Å². The Bertz CT molecular complexity index is 1000. The zero-order valence-corrected chi connectivity index (χ0v) is 16.2. The third-order valence-electron chi connectivity index (χ3n) is 3.99. The van der Waals surface area contributed by atoms with Crippen LogP contribution < -0.4 is 10.9 Å². The van der Waals surface area contributed by atoms with Gasteiger partial charge in [0.2, 0.25) is 5.91 Å². The summed E-state index contributed by atoms with van der Waals surface area (Å²) in [5, 5.41) is 0.675. The van der Waals surface area contributed by atoms with E-state index in [2.05, 4.69) is 21.9 Å². The summed E-state index contributed by atoms with van der Waals surface area (Å²) < 4.78 is 14.8. The quantitative estimate of drug-likeness (QED) is 0.511. The molecule has 0 fully saturated rings. The Kier molecular flexibility index (Phi) is 6.10. The molecule has 2 N–H and O–H groups in total. The van der Waals surface area contributed by atoms with Gasteiger partial charge >= 0.3 is 0 Å². The largest absolute Gasteiger partial charge is 0.295 e. The van der Waals surface area contributed by atoms with Crippen molar-refractivity contribution in [3.05, 3.63) is 77.4 Å². The predicted octanol–water partition coefficient (Wildman–Crippen LogP) is 3.18. The number of aryl methyl sites for hydroxylation is 2. The van der Waals surface area contributed by atoms with Crippen LogP contribution >= 0.6 is 11.8 Å². The Morgan fingerprint density at radius 3 is 2.61 bits per heavy atom. The summed E-state index contributed by atoms with van der Waals surface area (Å²) in [6.45, 7) is 4.03. The maximum absolute atomic E-state index is 12.9. The van der Waals surface area contributed by atoms with Gasteiger partial charge in [0.15, 0.2) is 5.16 Å². The van der Waals surface area contributed by atoms with Crippen molar-refractivity contribution in [2.45, 2.75) is 19.0 Å². The monoisotopic (exact) mass is 398 g/mol. The second-order valence-corrected chi connectivity index (χ2v) is 7.11. The van der Waals surface area contributed by atoms with E-state index >= 15 is 0 Å². The molecule has 28 heavy (non-hydrogen) atoms. The number of hydrogen-bond acceptors (Lipinski definition) is 4. The van der Waals surface area contributed by atoms with Crippen LogP contribution in [-0.4, -0.2) is 27.1 Å². The van der Waals surface area contributed by atoms with Crippen LogP contribution in [0.3, 0.4) is 0 Å². The molecule has 3 aromatic rings. The van der Waals surface area contributed by atoms with Crippen LogP contribution in [0.1, 0.15) is 21.5 Å². The normalized spacial score (nSPS) is 10.5.